The van der Waals surface area contributed by atoms with Gasteiger partial charge in [0.25, 0.3) is 0 Å². The van der Waals surface area contributed by atoms with Gasteiger partial charge in [0.15, 0.2) is 5.78 Å². The molecule has 16 heavy (non-hydrogen) atoms. The minimum atomic E-state index is -4.83. The predicted molar refractivity (Wildman–Crippen MR) is 50.7 cm³/mol. The van der Waals surface area contributed by atoms with E-state index in [4.69, 9.17) is 11.2 Å². The molecule has 7 heteroatoms. The van der Waals surface area contributed by atoms with Gasteiger partial charge >= 0.3 is 51.4 Å². The van der Waals surface area contributed by atoms with Crippen molar-refractivity contribution in [2.45, 2.75) is 30.6 Å². The molecule has 1 rings (SSSR count). The summed E-state index contributed by atoms with van der Waals surface area (Å²) in [4.78, 5) is 9.26. The first-order chi connectivity index (χ1) is 6.94. The quantitative estimate of drug-likeness (QED) is 0.310. The van der Waals surface area contributed by atoms with Crippen LogP contribution in [0.1, 0.15) is 25.7 Å². The van der Waals surface area contributed by atoms with Gasteiger partial charge in [-0.1, -0.05) is 5.92 Å². The van der Waals surface area contributed by atoms with Crippen LogP contribution >= 0.6 is 0 Å². The number of rotatable bonds is 3. The summed E-state index contributed by atoms with van der Waals surface area (Å²) in [5.74, 6) is 1.37. The van der Waals surface area contributed by atoms with Crippen molar-refractivity contribution in [2.75, 3.05) is 6.61 Å². The van der Waals surface area contributed by atoms with Crippen LogP contribution in [0, 0.1) is 12.3 Å². The van der Waals surface area contributed by atoms with Crippen LogP contribution in [0.15, 0.2) is 0 Å². The Morgan fingerprint density at radius 3 is 2.56 bits per heavy atom. The first-order valence-corrected chi connectivity index (χ1v) is 5.91. The molecule has 1 fully saturated rings. The Kier molecular flexibility index (Phi) is 6.91. The summed E-state index contributed by atoms with van der Waals surface area (Å²) in [6, 6.07) is 0. The van der Waals surface area contributed by atoms with E-state index >= 15 is 0 Å². The van der Waals surface area contributed by atoms with E-state index in [2.05, 4.69) is 5.92 Å². The van der Waals surface area contributed by atoms with Gasteiger partial charge in [0, 0.05) is 6.42 Å². The molecule has 0 spiro atoms. The summed E-state index contributed by atoms with van der Waals surface area (Å²) in [6.45, 7) is -0.354. The second-order valence-corrected chi connectivity index (χ2v) is 4.90. The van der Waals surface area contributed by atoms with Crippen molar-refractivity contribution in [3.8, 4) is 12.3 Å². The van der Waals surface area contributed by atoms with Gasteiger partial charge in [-0.25, -0.2) is 8.42 Å². The average Bonchev–Trinajstić information content (AvgIpc) is 2.15. The predicted octanol–water partition coefficient (Wildman–Crippen LogP) is -2.98. The molecule has 0 aliphatic heterocycles. The number of Topliss-reactive ketones (excluding diaryl/α,β-unsaturated/α-hetero) is 1. The second kappa shape index (κ2) is 6.61. The smallest absolute Gasteiger partial charge is 0.745 e. The van der Waals surface area contributed by atoms with Crippen LogP contribution in [0.25, 0.3) is 0 Å². The summed E-state index contributed by atoms with van der Waals surface area (Å²) in [5, 5.41) is 0. The van der Waals surface area contributed by atoms with E-state index in [0.717, 1.165) is 0 Å². The third-order valence-corrected chi connectivity index (χ3v) is 3.73. The van der Waals surface area contributed by atoms with E-state index < -0.39 is 20.8 Å². The zero-order chi connectivity index (χ0) is 11.5. The number of ketones is 1. The normalized spacial score (nSPS) is 25.6. The van der Waals surface area contributed by atoms with Crippen LogP contribution in [-0.2, 0) is 19.6 Å². The molecular formula is C9H11KO5S. The largest absolute Gasteiger partial charge is 1.00 e. The molecule has 0 amide bonds. The van der Waals surface area contributed by atoms with E-state index in [1.165, 1.54) is 0 Å². The molecule has 1 atom stereocenters. The molecule has 1 saturated carbocycles. The third-order valence-electron chi connectivity index (χ3n) is 2.38. The summed E-state index contributed by atoms with van der Waals surface area (Å²) in [6.07, 6.45) is 5.91. The Morgan fingerprint density at radius 2 is 2.12 bits per heavy atom. The molecule has 0 radical (unpaired) electrons. The molecule has 5 nitrogen and oxygen atoms in total. The van der Waals surface area contributed by atoms with E-state index in [9.17, 15) is 17.8 Å². The molecule has 0 saturated heterocycles. The Balaban J connectivity index is 0.00000225. The van der Waals surface area contributed by atoms with Crippen LogP contribution in [0.4, 0.5) is 0 Å². The number of hydrogen-bond acceptors (Lipinski definition) is 5. The Bertz CT molecular complexity index is 397. The van der Waals surface area contributed by atoms with Crippen molar-refractivity contribution in [2.24, 2.45) is 0 Å². The fourth-order valence-electron chi connectivity index (χ4n) is 1.62. The maximum absolute atomic E-state index is 11.5. The maximum Gasteiger partial charge on any atom is 1.00 e. The monoisotopic (exact) mass is 270 g/mol. The minimum Gasteiger partial charge on any atom is -0.745 e. The molecule has 1 aliphatic carbocycles. The van der Waals surface area contributed by atoms with Crippen molar-refractivity contribution in [1.29, 1.82) is 0 Å². The van der Waals surface area contributed by atoms with Crippen LogP contribution in [0.2, 0.25) is 0 Å². The van der Waals surface area contributed by atoms with Gasteiger partial charge in [-0.3, -0.25) is 4.79 Å². The van der Waals surface area contributed by atoms with Gasteiger partial charge in [0.1, 0.15) is 16.7 Å². The first-order valence-electron chi connectivity index (χ1n) is 4.50. The Labute approximate surface area is 137 Å². The van der Waals surface area contributed by atoms with Crippen LogP contribution in [0.5, 0.6) is 0 Å². The number of hydrogen-bond donors (Lipinski definition) is 0. The average molecular weight is 270 g/mol. The molecule has 0 aromatic carbocycles. The molecule has 0 N–H and O–H groups in total. The fraction of sp³-hybridized carbons (Fsp3) is 0.667. The van der Waals surface area contributed by atoms with Crippen molar-refractivity contribution >= 4 is 15.9 Å². The molecule has 1 aliphatic rings. The van der Waals surface area contributed by atoms with Gasteiger partial charge < -0.3 is 9.29 Å². The van der Waals surface area contributed by atoms with Crippen molar-refractivity contribution in [3.63, 3.8) is 0 Å². The summed E-state index contributed by atoms with van der Waals surface area (Å²) < 4.78 is 38.0. The van der Waals surface area contributed by atoms with E-state index in [1.54, 1.807) is 0 Å². The molecule has 0 heterocycles. The van der Waals surface area contributed by atoms with Gasteiger partial charge in [0.05, 0.1) is 0 Å². The van der Waals surface area contributed by atoms with E-state index in [0.29, 0.717) is 12.8 Å². The van der Waals surface area contributed by atoms with Gasteiger partial charge in [-0.2, -0.15) is 0 Å². The van der Waals surface area contributed by atoms with E-state index in [-0.39, 0.29) is 70.8 Å². The van der Waals surface area contributed by atoms with Crippen LogP contribution in [-0.4, -0.2) is 30.3 Å². The molecule has 0 aromatic rings. The SMILES string of the molecule is C#CCOC1(S(=O)(=O)[O-])CCCCC1=O.[K+]. The topological polar surface area (TPSA) is 83.5 Å². The zero-order valence-electron chi connectivity index (χ0n) is 9.06. The Morgan fingerprint density at radius 1 is 1.50 bits per heavy atom. The number of ether oxygens (including phenoxy) is 1. The minimum absolute atomic E-state index is 0. The standard InChI is InChI=1S/C9H12O5S.K/c1-2-7-14-9(15(11,12)13)6-4-3-5-8(9)10;/h1H,3-7H2,(H,11,12,13);/q;+1/p-1. The molecular weight excluding hydrogens is 259 g/mol. The number of carbonyl (C=O) groups is 1. The summed E-state index contributed by atoms with van der Waals surface area (Å²) in [7, 11) is -4.83. The van der Waals surface area contributed by atoms with Crippen molar-refractivity contribution in [1.82, 2.24) is 0 Å². The second-order valence-electron chi connectivity index (χ2n) is 3.33. The molecule has 84 valence electrons. The van der Waals surface area contributed by atoms with Crippen molar-refractivity contribution in [3.05, 3.63) is 0 Å². The third kappa shape index (κ3) is 3.37. The van der Waals surface area contributed by atoms with Gasteiger partial charge in [-0.05, 0) is 19.3 Å². The maximum atomic E-state index is 11.5. The molecule has 0 aromatic heterocycles. The fourth-order valence-corrected chi connectivity index (χ4v) is 2.60. The first kappa shape index (κ1) is 16.7. The van der Waals surface area contributed by atoms with Gasteiger partial charge in [0.2, 0.25) is 4.93 Å². The summed E-state index contributed by atoms with van der Waals surface area (Å²) >= 11 is 0. The van der Waals surface area contributed by atoms with Gasteiger partial charge in [-0.15, -0.1) is 6.42 Å². The molecule has 0 bridgehead atoms. The van der Waals surface area contributed by atoms with E-state index in [1.807, 2.05) is 0 Å². The summed E-state index contributed by atoms with van der Waals surface area (Å²) in [5.41, 5.74) is 0. The number of carbonyl (C=O) groups excluding carboxylic acids is 1. The number of terminal acetylenes is 1. The zero-order valence-corrected chi connectivity index (χ0v) is 13.0. The van der Waals surface area contributed by atoms with Crippen molar-refractivity contribution < 1.29 is 73.9 Å². The molecule has 1 unspecified atom stereocenters. The van der Waals surface area contributed by atoms with Crippen LogP contribution < -0.4 is 51.4 Å². The van der Waals surface area contributed by atoms with Crippen LogP contribution in [0.3, 0.4) is 0 Å². The Hall–Kier alpha value is 0.736.